The van der Waals surface area contributed by atoms with E-state index in [1.807, 2.05) is 42.2 Å². The summed E-state index contributed by atoms with van der Waals surface area (Å²) in [5.41, 5.74) is 2.42. The van der Waals surface area contributed by atoms with Crippen LogP contribution < -0.4 is 4.90 Å². The van der Waals surface area contributed by atoms with E-state index in [0.29, 0.717) is 5.16 Å². The molecule has 0 atom stereocenters. The maximum absolute atomic E-state index is 5.92. The fourth-order valence-corrected chi connectivity index (χ4v) is 1.46. The van der Waals surface area contributed by atoms with E-state index < -0.39 is 0 Å². The van der Waals surface area contributed by atoms with Crippen LogP contribution in [0.2, 0.25) is 0 Å². The molecule has 0 aliphatic carbocycles. The summed E-state index contributed by atoms with van der Waals surface area (Å²) in [5, 5.41) is 0.537. The van der Waals surface area contributed by atoms with E-state index in [9.17, 15) is 0 Å². The van der Waals surface area contributed by atoms with E-state index in [-0.39, 0.29) is 0 Å². The Hall–Kier alpha value is -0.660. The van der Waals surface area contributed by atoms with Crippen LogP contribution in [0.3, 0.4) is 0 Å². The minimum atomic E-state index is 0.537. The molecule has 0 spiro atoms. The summed E-state index contributed by atoms with van der Waals surface area (Å²) < 4.78 is 0. The summed E-state index contributed by atoms with van der Waals surface area (Å²) >= 11 is 11.5. The standard InChI is InChI=1S/C10H11Cl2N/c1-2-13(10(12)8-11)9-6-4-3-5-7-9/h3-8H,2H2,1H3/b10-8-. The Labute approximate surface area is 88.6 Å². The van der Waals surface area contributed by atoms with E-state index in [2.05, 4.69) is 0 Å². The molecule has 0 radical (unpaired) electrons. The molecule has 0 amide bonds. The molecule has 0 saturated carbocycles. The smallest absolute Gasteiger partial charge is 0.120 e. The van der Waals surface area contributed by atoms with Crippen LogP contribution in [0, 0.1) is 0 Å². The molecule has 0 N–H and O–H groups in total. The predicted molar refractivity (Wildman–Crippen MR) is 59.3 cm³/mol. The van der Waals surface area contributed by atoms with Gasteiger partial charge in [0.2, 0.25) is 0 Å². The average Bonchev–Trinajstić information content (AvgIpc) is 2.20. The first-order valence-corrected chi connectivity index (χ1v) is 4.89. The lowest BCUT2D eigenvalue weighted by Crippen LogP contribution is -2.18. The highest BCUT2D eigenvalue weighted by Gasteiger charge is 2.05. The molecule has 1 rings (SSSR count). The van der Waals surface area contributed by atoms with Crippen LogP contribution in [-0.2, 0) is 0 Å². The summed E-state index contributed by atoms with van der Waals surface area (Å²) in [7, 11) is 0. The van der Waals surface area contributed by atoms with Crippen LogP contribution in [0.15, 0.2) is 41.0 Å². The van der Waals surface area contributed by atoms with Crippen molar-refractivity contribution in [3.8, 4) is 0 Å². The summed E-state index contributed by atoms with van der Waals surface area (Å²) in [5.74, 6) is 0. The van der Waals surface area contributed by atoms with E-state index in [1.54, 1.807) is 0 Å². The van der Waals surface area contributed by atoms with Gasteiger partial charge in [-0.2, -0.15) is 0 Å². The first-order chi connectivity index (χ1) is 6.29. The van der Waals surface area contributed by atoms with Crippen molar-refractivity contribution < 1.29 is 0 Å². The predicted octanol–water partition coefficient (Wildman–Crippen LogP) is 3.79. The average molecular weight is 216 g/mol. The van der Waals surface area contributed by atoms with Gasteiger partial charge in [-0.05, 0) is 19.1 Å². The molecule has 0 fully saturated rings. The Morgan fingerprint density at radius 1 is 1.38 bits per heavy atom. The molecule has 0 heterocycles. The molecule has 1 aromatic rings. The minimum Gasteiger partial charge on any atom is -0.332 e. The zero-order valence-electron chi connectivity index (χ0n) is 7.37. The van der Waals surface area contributed by atoms with E-state index in [1.165, 1.54) is 5.54 Å². The lowest BCUT2D eigenvalue weighted by atomic mass is 10.3. The second kappa shape index (κ2) is 5.15. The van der Waals surface area contributed by atoms with Gasteiger partial charge >= 0.3 is 0 Å². The Morgan fingerprint density at radius 2 is 2.00 bits per heavy atom. The topological polar surface area (TPSA) is 3.24 Å². The fourth-order valence-electron chi connectivity index (χ4n) is 1.12. The van der Waals surface area contributed by atoms with Crippen LogP contribution in [-0.4, -0.2) is 6.54 Å². The number of benzene rings is 1. The molecule has 0 saturated heterocycles. The highest BCUT2D eigenvalue weighted by Crippen LogP contribution is 2.20. The van der Waals surface area contributed by atoms with Gasteiger partial charge in [0.05, 0.1) is 0 Å². The minimum absolute atomic E-state index is 0.537. The van der Waals surface area contributed by atoms with Crippen molar-refractivity contribution in [3.63, 3.8) is 0 Å². The second-order valence-corrected chi connectivity index (χ2v) is 3.12. The fraction of sp³-hybridized carbons (Fsp3) is 0.200. The van der Waals surface area contributed by atoms with Crippen molar-refractivity contribution in [2.45, 2.75) is 6.92 Å². The van der Waals surface area contributed by atoms with Crippen LogP contribution in [0.25, 0.3) is 0 Å². The highest BCUT2D eigenvalue weighted by atomic mass is 35.5. The maximum Gasteiger partial charge on any atom is 0.120 e. The molecule has 3 heteroatoms. The first-order valence-electron chi connectivity index (χ1n) is 4.08. The monoisotopic (exact) mass is 215 g/mol. The van der Waals surface area contributed by atoms with E-state index >= 15 is 0 Å². The van der Waals surface area contributed by atoms with Gasteiger partial charge in [-0.25, -0.2) is 0 Å². The second-order valence-electron chi connectivity index (χ2n) is 2.51. The van der Waals surface area contributed by atoms with Crippen LogP contribution in [0.1, 0.15) is 6.92 Å². The van der Waals surface area contributed by atoms with Crippen molar-refractivity contribution in [1.29, 1.82) is 0 Å². The van der Waals surface area contributed by atoms with Gasteiger partial charge in [0, 0.05) is 17.8 Å². The SMILES string of the molecule is CCN(/C(Cl)=C\Cl)c1ccccc1. The van der Waals surface area contributed by atoms with Gasteiger partial charge in [0.15, 0.2) is 0 Å². The molecule has 0 bridgehead atoms. The zero-order valence-corrected chi connectivity index (χ0v) is 8.89. The number of hydrogen-bond acceptors (Lipinski definition) is 1. The van der Waals surface area contributed by atoms with Crippen LogP contribution in [0.4, 0.5) is 5.69 Å². The lowest BCUT2D eigenvalue weighted by molar-refractivity contribution is 1.00. The molecule has 1 aromatic carbocycles. The molecule has 0 unspecified atom stereocenters. The Balaban J connectivity index is 2.91. The van der Waals surface area contributed by atoms with Crippen LogP contribution in [0.5, 0.6) is 0 Å². The first kappa shape index (κ1) is 10.4. The summed E-state index contributed by atoms with van der Waals surface area (Å²) in [6.45, 7) is 2.82. The molecule has 70 valence electrons. The Morgan fingerprint density at radius 3 is 2.46 bits per heavy atom. The molecule has 0 aromatic heterocycles. The highest BCUT2D eigenvalue weighted by molar-refractivity contribution is 6.37. The van der Waals surface area contributed by atoms with Gasteiger partial charge < -0.3 is 4.90 Å². The van der Waals surface area contributed by atoms with Gasteiger partial charge in [-0.15, -0.1) is 0 Å². The lowest BCUT2D eigenvalue weighted by Gasteiger charge is -2.21. The molecule has 0 aliphatic heterocycles. The third-order valence-electron chi connectivity index (χ3n) is 1.73. The third kappa shape index (κ3) is 2.64. The zero-order chi connectivity index (χ0) is 9.68. The Bertz CT molecular complexity index is 282. The van der Waals surface area contributed by atoms with Crippen molar-refractivity contribution in [1.82, 2.24) is 0 Å². The number of hydrogen-bond donors (Lipinski definition) is 0. The van der Waals surface area contributed by atoms with Crippen LogP contribution >= 0.6 is 23.2 Å². The largest absolute Gasteiger partial charge is 0.332 e. The maximum atomic E-state index is 5.92. The van der Waals surface area contributed by atoms with Crippen molar-refractivity contribution in [2.75, 3.05) is 11.4 Å². The molecule has 13 heavy (non-hydrogen) atoms. The number of halogens is 2. The van der Waals surface area contributed by atoms with Gasteiger partial charge in [-0.1, -0.05) is 41.4 Å². The Kier molecular flexibility index (Phi) is 4.13. The number of anilines is 1. The number of nitrogens with zero attached hydrogens (tertiary/aromatic N) is 1. The quantitative estimate of drug-likeness (QED) is 0.694. The normalized spacial score (nSPS) is 11.5. The molecule has 1 nitrogen and oxygen atoms in total. The van der Waals surface area contributed by atoms with Gasteiger partial charge in [0.1, 0.15) is 5.16 Å². The van der Waals surface area contributed by atoms with Crippen molar-refractivity contribution in [2.24, 2.45) is 0 Å². The number of para-hydroxylation sites is 1. The molecular formula is C10H11Cl2N. The van der Waals surface area contributed by atoms with E-state index in [4.69, 9.17) is 23.2 Å². The summed E-state index contributed by atoms with van der Waals surface area (Å²) in [6.07, 6.45) is 0. The van der Waals surface area contributed by atoms with E-state index in [0.717, 1.165) is 12.2 Å². The van der Waals surface area contributed by atoms with Gasteiger partial charge in [-0.3, -0.25) is 0 Å². The molecular weight excluding hydrogens is 205 g/mol. The summed E-state index contributed by atoms with van der Waals surface area (Å²) in [6, 6.07) is 9.89. The number of rotatable bonds is 3. The summed E-state index contributed by atoms with van der Waals surface area (Å²) in [4.78, 5) is 1.93. The van der Waals surface area contributed by atoms with Gasteiger partial charge in [0.25, 0.3) is 0 Å². The van der Waals surface area contributed by atoms with Crippen molar-refractivity contribution in [3.05, 3.63) is 41.0 Å². The third-order valence-corrected chi connectivity index (χ3v) is 2.36. The molecule has 0 aliphatic rings. The van der Waals surface area contributed by atoms with Crippen molar-refractivity contribution >= 4 is 28.9 Å².